The van der Waals surface area contributed by atoms with Crippen molar-refractivity contribution < 1.29 is 9.53 Å². The van der Waals surface area contributed by atoms with Crippen molar-refractivity contribution in [1.82, 2.24) is 16.2 Å². The SMILES string of the molecule is CC(C)COc1cccc(C(=O)NNC(=S)N[C@H]2CCC[C@H](C)[C@H]2C)c1. The van der Waals surface area contributed by atoms with E-state index in [4.69, 9.17) is 17.0 Å². The number of benzene rings is 1. The molecule has 144 valence electrons. The topological polar surface area (TPSA) is 62.4 Å². The van der Waals surface area contributed by atoms with Crippen LogP contribution in [0.1, 0.15) is 57.3 Å². The minimum absolute atomic E-state index is 0.241. The Morgan fingerprint density at radius 3 is 2.77 bits per heavy atom. The second-order valence-corrected chi connectivity index (χ2v) is 8.07. The van der Waals surface area contributed by atoms with Crippen molar-refractivity contribution in [3.05, 3.63) is 29.8 Å². The van der Waals surface area contributed by atoms with Gasteiger partial charge in [-0.1, -0.05) is 46.6 Å². The highest BCUT2D eigenvalue weighted by Crippen LogP contribution is 2.29. The molecule has 0 saturated heterocycles. The fourth-order valence-corrected chi connectivity index (χ4v) is 3.37. The van der Waals surface area contributed by atoms with Crippen molar-refractivity contribution in [2.75, 3.05) is 6.61 Å². The maximum Gasteiger partial charge on any atom is 0.269 e. The van der Waals surface area contributed by atoms with Crippen LogP contribution in [-0.2, 0) is 0 Å². The van der Waals surface area contributed by atoms with Crippen LogP contribution in [-0.4, -0.2) is 23.7 Å². The Labute approximate surface area is 162 Å². The number of hydrogen-bond donors (Lipinski definition) is 3. The van der Waals surface area contributed by atoms with Gasteiger partial charge in [0, 0.05) is 11.6 Å². The van der Waals surface area contributed by atoms with Crippen molar-refractivity contribution in [1.29, 1.82) is 0 Å². The Hall–Kier alpha value is -1.82. The predicted octanol–water partition coefficient (Wildman–Crippen LogP) is 3.66. The molecular formula is C20H31N3O2S. The van der Waals surface area contributed by atoms with Crippen molar-refractivity contribution in [2.24, 2.45) is 17.8 Å². The van der Waals surface area contributed by atoms with Crippen LogP contribution in [0, 0.1) is 17.8 Å². The molecule has 3 atom stereocenters. The molecule has 0 bridgehead atoms. The normalized spacial score (nSPS) is 22.6. The van der Waals surface area contributed by atoms with Crippen LogP contribution in [0.25, 0.3) is 0 Å². The Morgan fingerprint density at radius 1 is 1.27 bits per heavy atom. The van der Waals surface area contributed by atoms with Crippen molar-refractivity contribution >= 4 is 23.2 Å². The number of hydrogen-bond acceptors (Lipinski definition) is 3. The molecule has 1 aliphatic carbocycles. The highest BCUT2D eigenvalue weighted by atomic mass is 32.1. The third-order valence-electron chi connectivity index (χ3n) is 4.99. The molecule has 1 fully saturated rings. The van der Waals surface area contributed by atoms with E-state index in [1.54, 1.807) is 12.1 Å². The number of ether oxygens (including phenoxy) is 1. The van der Waals surface area contributed by atoms with E-state index in [0.29, 0.717) is 46.8 Å². The average Bonchev–Trinajstić information content (AvgIpc) is 2.62. The molecule has 0 spiro atoms. The van der Waals surface area contributed by atoms with E-state index in [1.807, 2.05) is 12.1 Å². The summed E-state index contributed by atoms with van der Waals surface area (Å²) in [6, 6.07) is 7.50. The summed E-state index contributed by atoms with van der Waals surface area (Å²) in [6.45, 7) is 9.33. The summed E-state index contributed by atoms with van der Waals surface area (Å²) in [5, 5.41) is 3.79. The van der Waals surface area contributed by atoms with Crippen LogP contribution in [0.3, 0.4) is 0 Å². The lowest BCUT2D eigenvalue weighted by molar-refractivity contribution is 0.0942. The van der Waals surface area contributed by atoms with Gasteiger partial charge in [0.05, 0.1) is 6.61 Å². The highest BCUT2D eigenvalue weighted by molar-refractivity contribution is 7.80. The number of nitrogens with one attached hydrogen (secondary N) is 3. The number of thiocarbonyl (C=S) groups is 1. The summed E-state index contributed by atoms with van der Waals surface area (Å²) in [5.74, 6) is 2.13. The number of carbonyl (C=O) groups excluding carboxylic acids is 1. The smallest absolute Gasteiger partial charge is 0.269 e. The molecule has 1 aromatic rings. The van der Waals surface area contributed by atoms with Gasteiger partial charge in [-0.2, -0.15) is 0 Å². The molecule has 2 rings (SSSR count). The van der Waals surface area contributed by atoms with E-state index in [-0.39, 0.29) is 5.91 Å². The van der Waals surface area contributed by atoms with Gasteiger partial charge in [-0.25, -0.2) is 0 Å². The van der Waals surface area contributed by atoms with Gasteiger partial charge in [-0.3, -0.25) is 15.6 Å². The van der Waals surface area contributed by atoms with Crippen LogP contribution in [0.2, 0.25) is 0 Å². The summed E-state index contributed by atoms with van der Waals surface area (Å²) in [5.41, 5.74) is 6.00. The third kappa shape index (κ3) is 6.16. The van der Waals surface area contributed by atoms with Crippen molar-refractivity contribution in [3.63, 3.8) is 0 Å². The van der Waals surface area contributed by atoms with E-state index in [0.717, 1.165) is 6.42 Å². The first-order valence-corrected chi connectivity index (χ1v) is 9.87. The molecule has 5 nitrogen and oxygen atoms in total. The minimum Gasteiger partial charge on any atom is -0.493 e. The summed E-state index contributed by atoms with van der Waals surface area (Å²) >= 11 is 5.33. The lowest BCUT2D eigenvalue weighted by Crippen LogP contribution is -2.52. The lowest BCUT2D eigenvalue weighted by atomic mass is 9.78. The van der Waals surface area contributed by atoms with E-state index in [2.05, 4.69) is 43.9 Å². The number of hydrazine groups is 1. The first-order chi connectivity index (χ1) is 12.4. The molecule has 1 aliphatic rings. The average molecular weight is 378 g/mol. The molecule has 1 amide bonds. The summed E-state index contributed by atoms with van der Waals surface area (Å²) in [4.78, 5) is 12.3. The monoisotopic (exact) mass is 377 g/mol. The standard InChI is InChI=1S/C20H31N3O2S/c1-13(2)12-25-17-9-6-8-16(11-17)19(24)22-23-20(26)21-18-10-5-7-14(3)15(18)4/h6,8-9,11,13-15,18H,5,7,10,12H2,1-4H3,(H,22,24)(H2,21,23,26)/t14-,15+,18-/m0/s1. The maximum atomic E-state index is 12.3. The lowest BCUT2D eigenvalue weighted by Gasteiger charge is -2.35. The summed E-state index contributed by atoms with van der Waals surface area (Å²) in [6.07, 6.45) is 3.59. The number of rotatable bonds is 5. The zero-order valence-corrected chi connectivity index (χ0v) is 17.0. The fourth-order valence-electron chi connectivity index (χ4n) is 3.17. The largest absolute Gasteiger partial charge is 0.493 e. The predicted molar refractivity (Wildman–Crippen MR) is 109 cm³/mol. The maximum absolute atomic E-state index is 12.3. The van der Waals surface area contributed by atoms with E-state index in [9.17, 15) is 4.79 Å². The van der Waals surface area contributed by atoms with Crippen LogP contribution in [0.4, 0.5) is 0 Å². The van der Waals surface area contributed by atoms with Crippen LogP contribution >= 0.6 is 12.2 Å². The summed E-state index contributed by atoms with van der Waals surface area (Å²) in [7, 11) is 0. The van der Waals surface area contributed by atoms with Gasteiger partial charge in [-0.15, -0.1) is 0 Å². The molecule has 0 aromatic heterocycles. The fraction of sp³-hybridized carbons (Fsp3) is 0.600. The van der Waals surface area contributed by atoms with Gasteiger partial charge in [0.2, 0.25) is 0 Å². The van der Waals surface area contributed by atoms with Crippen LogP contribution in [0.5, 0.6) is 5.75 Å². The van der Waals surface area contributed by atoms with Crippen LogP contribution in [0.15, 0.2) is 24.3 Å². The second-order valence-electron chi connectivity index (χ2n) is 7.66. The van der Waals surface area contributed by atoms with E-state index < -0.39 is 0 Å². The molecule has 0 radical (unpaired) electrons. The Balaban J connectivity index is 1.82. The first-order valence-electron chi connectivity index (χ1n) is 9.46. The van der Waals surface area contributed by atoms with Crippen LogP contribution < -0.4 is 20.9 Å². The zero-order chi connectivity index (χ0) is 19.1. The van der Waals surface area contributed by atoms with Gasteiger partial charge in [0.15, 0.2) is 5.11 Å². The third-order valence-corrected chi connectivity index (χ3v) is 5.21. The molecule has 3 N–H and O–H groups in total. The zero-order valence-electron chi connectivity index (χ0n) is 16.2. The van der Waals surface area contributed by atoms with Gasteiger partial charge >= 0.3 is 0 Å². The van der Waals surface area contributed by atoms with E-state index in [1.165, 1.54) is 12.8 Å². The van der Waals surface area contributed by atoms with Gasteiger partial charge in [0.1, 0.15) is 5.75 Å². The number of carbonyl (C=O) groups is 1. The first kappa shape index (κ1) is 20.5. The van der Waals surface area contributed by atoms with Crippen molar-refractivity contribution in [3.8, 4) is 5.75 Å². The molecule has 0 heterocycles. The Bertz CT molecular complexity index is 621. The van der Waals surface area contributed by atoms with Gasteiger partial charge < -0.3 is 10.1 Å². The quantitative estimate of drug-likeness (QED) is 0.540. The second kappa shape index (κ2) is 9.76. The Morgan fingerprint density at radius 2 is 2.04 bits per heavy atom. The molecule has 1 aromatic carbocycles. The number of amides is 1. The van der Waals surface area contributed by atoms with Gasteiger partial charge in [-0.05, 0) is 54.6 Å². The molecule has 1 saturated carbocycles. The van der Waals surface area contributed by atoms with Gasteiger partial charge in [0.25, 0.3) is 5.91 Å². The minimum atomic E-state index is -0.241. The van der Waals surface area contributed by atoms with E-state index >= 15 is 0 Å². The summed E-state index contributed by atoms with van der Waals surface area (Å²) < 4.78 is 5.67. The van der Waals surface area contributed by atoms with Crippen molar-refractivity contribution in [2.45, 2.75) is 53.0 Å². The molecule has 6 heteroatoms. The molecule has 0 aliphatic heterocycles. The molecule has 0 unspecified atom stereocenters. The highest BCUT2D eigenvalue weighted by Gasteiger charge is 2.27. The Kier molecular flexibility index (Phi) is 7.69. The molecular weight excluding hydrogens is 346 g/mol. The molecule has 26 heavy (non-hydrogen) atoms.